The quantitative estimate of drug-likeness (QED) is 0.141. The van der Waals surface area contributed by atoms with Crippen molar-refractivity contribution in [1.82, 2.24) is 19.8 Å². The number of benzene rings is 4. The number of nitrogens with one attached hydrogen (secondary N) is 2. The lowest BCUT2D eigenvalue weighted by Crippen LogP contribution is -2.41. The maximum absolute atomic E-state index is 13.2. The number of piperidine rings is 2. The summed E-state index contributed by atoms with van der Waals surface area (Å²) >= 11 is 12.2. The van der Waals surface area contributed by atoms with Crippen molar-refractivity contribution < 1.29 is 19.0 Å². The Labute approximate surface area is 288 Å². The molecule has 0 bridgehead atoms. The highest BCUT2D eigenvalue weighted by atomic mass is 35.5. The fourth-order valence-electron chi connectivity index (χ4n) is 6.27. The Morgan fingerprint density at radius 1 is 0.646 bits per heavy atom. The van der Waals surface area contributed by atoms with E-state index in [4.69, 9.17) is 33.4 Å². The summed E-state index contributed by atoms with van der Waals surface area (Å²) in [6.45, 7) is 3.53. The molecule has 0 saturated carbocycles. The highest BCUT2D eigenvalue weighted by Gasteiger charge is 2.24. The molecule has 4 N–H and O–H groups in total. The van der Waals surface area contributed by atoms with Gasteiger partial charge in [0.2, 0.25) is 0 Å². The highest BCUT2D eigenvalue weighted by Crippen LogP contribution is 2.36. The minimum Gasteiger partial charge on any atom is -0.366 e. The van der Waals surface area contributed by atoms with Gasteiger partial charge in [-0.15, -0.1) is 0 Å². The smallest absolute Gasteiger partial charge is 0.164 e. The molecule has 8 rings (SSSR count). The number of fused-ring (bicyclic) bond motifs is 2. The highest BCUT2D eigenvalue weighted by molar-refractivity contribution is 6.31. The Hall–Kier alpha value is -3.76. The normalized spacial score (nSPS) is 16.2. The summed E-state index contributed by atoms with van der Waals surface area (Å²) < 4.78 is 30.2. The van der Waals surface area contributed by atoms with E-state index >= 15 is 0 Å². The van der Waals surface area contributed by atoms with Crippen LogP contribution in [0.3, 0.4) is 0 Å². The summed E-state index contributed by atoms with van der Waals surface area (Å²) in [7, 11) is 0. The molecule has 10 heteroatoms. The maximum Gasteiger partial charge on any atom is 0.164 e. The molecule has 6 nitrogen and oxygen atoms in total. The van der Waals surface area contributed by atoms with Gasteiger partial charge in [-0.2, -0.15) is 0 Å². The van der Waals surface area contributed by atoms with Gasteiger partial charge < -0.3 is 30.0 Å². The molecule has 0 amide bonds. The topological polar surface area (TPSA) is 74.4 Å². The Kier molecular flexibility index (Phi) is 10.8. The van der Waals surface area contributed by atoms with Crippen LogP contribution in [0.1, 0.15) is 37.2 Å². The summed E-state index contributed by atoms with van der Waals surface area (Å²) in [5, 5.41) is 28.0. The summed E-state index contributed by atoms with van der Waals surface area (Å²) in [4.78, 5) is 0. The SMILES string of the molecule is Fc1ccc(-n2cc(C3CCNCC3)c3cc(Cl)ccc32)cc1.Fc1ccc(-n2ccc3cc(Cl)ccc32)cc1.OC1(O)CCNCC1. The molecular weight excluding hydrogens is 653 g/mol. The molecule has 2 fully saturated rings. The lowest BCUT2D eigenvalue weighted by molar-refractivity contribution is -0.175. The Morgan fingerprint density at radius 2 is 1.19 bits per heavy atom. The molecular formula is C38H38Cl2F2N4O2. The Morgan fingerprint density at radius 3 is 1.77 bits per heavy atom. The van der Waals surface area contributed by atoms with E-state index in [-0.39, 0.29) is 11.6 Å². The van der Waals surface area contributed by atoms with Gasteiger partial charge in [0, 0.05) is 70.5 Å². The molecule has 0 aliphatic carbocycles. The second kappa shape index (κ2) is 15.2. The molecule has 250 valence electrons. The van der Waals surface area contributed by atoms with Crippen LogP contribution in [-0.4, -0.2) is 51.3 Å². The van der Waals surface area contributed by atoms with Crippen LogP contribution in [-0.2, 0) is 0 Å². The molecule has 4 heterocycles. The predicted molar refractivity (Wildman–Crippen MR) is 191 cm³/mol. The van der Waals surface area contributed by atoms with Gasteiger partial charge in [0.1, 0.15) is 11.6 Å². The first kappa shape index (κ1) is 34.1. The van der Waals surface area contributed by atoms with Crippen molar-refractivity contribution in [2.75, 3.05) is 26.2 Å². The fraction of sp³-hybridized carbons (Fsp3) is 0.263. The third-order valence-corrected chi connectivity index (χ3v) is 9.31. The van der Waals surface area contributed by atoms with Crippen molar-refractivity contribution in [1.29, 1.82) is 0 Å². The van der Waals surface area contributed by atoms with E-state index in [9.17, 15) is 8.78 Å². The van der Waals surface area contributed by atoms with Gasteiger partial charge in [-0.1, -0.05) is 23.2 Å². The van der Waals surface area contributed by atoms with Crippen LogP contribution < -0.4 is 10.6 Å². The van der Waals surface area contributed by atoms with E-state index in [0.29, 0.717) is 36.9 Å². The monoisotopic (exact) mass is 690 g/mol. The largest absolute Gasteiger partial charge is 0.366 e. The zero-order valence-corrected chi connectivity index (χ0v) is 27.9. The van der Waals surface area contributed by atoms with E-state index < -0.39 is 5.79 Å². The van der Waals surface area contributed by atoms with Crippen LogP contribution in [0.5, 0.6) is 0 Å². The number of aliphatic hydroxyl groups is 2. The predicted octanol–water partition coefficient (Wildman–Crippen LogP) is 8.36. The maximum atomic E-state index is 13.2. The van der Waals surface area contributed by atoms with Crippen LogP contribution in [0.15, 0.2) is 103 Å². The molecule has 0 unspecified atom stereocenters. The number of hydrogen-bond acceptors (Lipinski definition) is 4. The van der Waals surface area contributed by atoms with E-state index in [1.165, 1.54) is 35.2 Å². The van der Waals surface area contributed by atoms with Crippen LogP contribution in [0.2, 0.25) is 10.0 Å². The summed E-state index contributed by atoms with van der Waals surface area (Å²) in [6.07, 6.45) is 7.32. The van der Waals surface area contributed by atoms with Crippen molar-refractivity contribution >= 4 is 45.0 Å². The third-order valence-electron chi connectivity index (χ3n) is 8.84. The van der Waals surface area contributed by atoms with Crippen LogP contribution in [0.25, 0.3) is 33.2 Å². The van der Waals surface area contributed by atoms with Gasteiger partial charge in [0.05, 0.1) is 11.0 Å². The lowest BCUT2D eigenvalue weighted by atomic mass is 9.90. The van der Waals surface area contributed by atoms with E-state index in [2.05, 4.69) is 21.4 Å². The Bertz CT molecular complexity index is 1960. The van der Waals surface area contributed by atoms with Crippen molar-refractivity contribution in [2.24, 2.45) is 0 Å². The van der Waals surface area contributed by atoms with E-state index in [0.717, 1.165) is 58.7 Å². The zero-order valence-electron chi connectivity index (χ0n) is 26.3. The first-order valence-electron chi connectivity index (χ1n) is 16.1. The standard InChI is InChI=1S/C19H18ClFN2.C14H9ClFN.C5H11NO2/c20-14-1-6-19-17(11-14)18(13-7-9-22-10-8-13)12-23(19)16-4-2-15(21)3-5-16;15-11-1-6-14-10(9-11)7-8-17(14)13-4-2-12(16)3-5-13;7-5(8)1-3-6-4-2-5/h1-6,11-13,22H,7-10H2;1-9H;6-8H,1-4H2. The second-order valence-electron chi connectivity index (χ2n) is 12.2. The van der Waals surface area contributed by atoms with Crippen molar-refractivity contribution in [3.05, 3.63) is 131 Å². The molecule has 4 aromatic carbocycles. The molecule has 48 heavy (non-hydrogen) atoms. The van der Waals surface area contributed by atoms with Gasteiger partial charge in [0.15, 0.2) is 5.79 Å². The third kappa shape index (κ3) is 8.26. The van der Waals surface area contributed by atoms with Gasteiger partial charge >= 0.3 is 0 Å². The molecule has 0 atom stereocenters. The summed E-state index contributed by atoms with van der Waals surface area (Å²) in [6, 6.07) is 26.8. The van der Waals surface area contributed by atoms with Crippen LogP contribution in [0, 0.1) is 11.6 Å². The van der Waals surface area contributed by atoms with Gasteiger partial charge in [-0.25, -0.2) is 8.78 Å². The molecule has 2 aromatic heterocycles. The summed E-state index contributed by atoms with van der Waals surface area (Å²) in [5.74, 6) is -1.29. The molecule has 2 saturated heterocycles. The van der Waals surface area contributed by atoms with Gasteiger partial charge in [-0.05, 0) is 128 Å². The first-order valence-corrected chi connectivity index (χ1v) is 16.9. The minimum atomic E-state index is -1.38. The molecule has 0 radical (unpaired) electrons. The summed E-state index contributed by atoms with van der Waals surface area (Å²) in [5.41, 5.74) is 5.42. The second-order valence-corrected chi connectivity index (χ2v) is 13.1. The van der Waals surface area contributed by atoms with Crippen LogP contribution >= 0.6 is 23.2 Å². The van der Waals surface area contributed by atoms with Crippen molar-refractivity contribution in [3.8, 4) is 11.4 Å². The van der Waals surface area contributed by atoms with Crippen molar-refractivity contribution in [3.63, 3.8) is 0 Å². The first-order chi connectivity index (χ1) is 23.2. The lowest BCUT2D eigenvalue weighted by Gasteiger charge is -2.26. The average molecular weight is 692 g/mol. The van der Waals surface area contributed by atoms with E-state index in [1.807, 2.05) is 65.4 Å². The van der Waals surface area contributed by atoms with Gasteiger partial charge in [0.25, 0.3) is 0 Å². The van der Waals surface area contributed by atoms with Gasteiger partial charge in [-0.3, -0.25) is 0 Å². The number of hydrogen-bond donors (Lipinski definition) is 4. The Balaban J connectivity index is 0.000000140. The zero-order chi connectivity index (χ0) is 33.7. The number of halogens is 4. The molecule has 0 spiro atoms. The number of aromatic nitrogens is 2. The molecule has 6 aromatic rings. The fourth-order valence-corrected chi connectivity index (χ4v) is 6.62. The molecule has 2 aliphatic heterocycles. The minimum absolute atomic E-state index is 0.216. The van der Waals surface area contributed by atoms with Crippen LogP contribution in [0.4, 0.5) is 8.78 Å². The average Bonchev–Trinajstić information content (AvgIpc) is 3.68. The van der Waals surface area contributed by atoms with Crippen molar-refractivity contribution in [2.45, 2.75) is 37.4 Å². The number of nitrogens with zero attached hydrogens (tertiary/aromatic N) is 2. The number of rotatable bonds is 3. The molecule has 2 aliphatic rings. The van der Waals surface area contributed by atoms with E-state index in [1.54, 1.807) is 12.1 Å².